The van der Waals surface area contributed by atoms with Crippen molar-refractivity contribution in [2.24, 2.45) is 0 Å². The highest BCUT2D eigenvalue weighted by Crippen LogP contribution is 2.29. The summed E-state index contributed by atoms with van der Waals surface area (Å²) >= 11 is 1.67. The van der Waals surface area contributed by atoms with Crippen LogP contribution in [0, 0.1) is 0 Å². The number of hydrogen-bond donors (Lipinski definition) is 2. The average Bonchev–Trinajstić information content (AvgIpc) is 2.59. The molecule has 1 aliphatic rings. The maximum absolute atomic E-state index is 10.3. The van der Waals surface area contributed by atoms with Crippen molar-refractivity contribution in [2.75, 3.05) is 11.9 Å². The zero-order chi connectivity index (χ0) is 10.7. The lowest BCUT2D eigenvalue weighted by atomic mass is 10.0. The fourth-order valence-electron chi connectivity index (χ4n) is 1.70. The van der Waals surface area contributed by atoms with Crippen LogP contribution in [-0.2, 0) is 17.6 Å². The SMILES string of the molecule is O=C(O)CCNc1nc2c(s1)CCCC2. The fourth-order valence-corrected chi connectivity index (χ4v) is 2.78. The Hall–Kier alpha value is -1.10. The number of fused-ring (bicyclic) bond motifs is 1. The summed E-state index contributed by atoms with van der Waals surface area (Å²) in [5.41, 5.74) is 1.21. The molecule has 0 radical (unpaired) electrons. The highest BCUT2D eigenvalue weighted by molar-refractivity contribution is 7.15. The first-order valence-electron chi connectivity index (χ1n) is 5.20. The summed E-state index contributed by atoms with van der Waals surface area (Å²) in [7, 11) is 0. The normalized spacial score (nSPS) is 14.7. The molecule has 2 rings (SSSR count). The molecule has 0 fully saturated rings. The number of nitrogens with zero attached hydrogens (tertiary/aromatic N) is 1. The third-order valence-corrected chi connectivity index (χ3v) is 3.58. The summed E-state index contributed by atoms with van der Waals surface area (Å²) in [6, 6.07) is 0. The van der Waals surface area contributed by atoms with Crippen LogP contribution in [0.4, 0.5) is 5.13 Å². The first-order chi connectivity index (χ1) is 7.25. The molecule has 1 heterocycles. The molecule has 4 nitrogen and oxygen atoms in total. The maximum Gasteiger partial charge on any atom is 0.305 e. The molecule has 5 heteroatoms. The lowest BCUT2D eigenvalue weighted by molar-refractivity contribution is -0.136. The van der Waals surface area contributed by atoms with Gasteiger partial charge in [0.05, 0.1) is 12.1 Å². The van der Waals surface area contributed by atoms with Crippen molar-refractivity contribution in [3.63, 3.8) is 0 Å². The molecule has 0 aliphatic heterocycles. The summed E-state index contributed by atoms with van der Waals surface area (Å²) < 4.78 is 0. The number of hydrogen-bond acceptors (Lipinski definition) is 4. The summed E-state index contributed by atoms with van der Waals surface area (Å²) in [5.74, 6) is -0.774. The van der Waals surface area contributed by atoms with Crippen molar-refractivity contribution >= 4 is 22.4 Å². The molecule has 1 aromatic rings. The number of thiazole rings is 1. The Morgan fingerprint density at radius 1 is 1.47 bits per heavy atom. The number of carbonyl (C=O) groups is 1. The molecule has 1 aromatic heterocycles. The van der Waals surface area contributed by atoms with Gasteiger partial charge in [-0.1, -0.05) is 0 Å². The van der Waals surface area contributed by atoms with Crippen molar-refractivity contribution < 1.29 is 9.90 Å². The third-order valence-electron chi connectivity index (χ3n) is 2.46. The van der Waals surface area contributed by atoms with Crippen molar-refractivity contribution in [1.29, 1.82) is 0 Å². The molecule has 2 N–H and O–H groups in total. The van der Waals surface area contributed by atoms with Gasteiger partial charge >= 0.3 is 5.97 Å². The lowest BCUT2D eigenvalue weighted by Crippen LogP contribution is -2.07. The van der Waals surface area contributed by atoms with Gasteiger partial charge < -0.3 is 10.4 Å². The number of aromatic nitrogens is 1. The molecule has 0 bridgehead atoms. The number of nitrogens with one attached hydrogen (secondary N) is 1. The van der Waals surface area contributed by atoms with Crippen LogP contribution >= 0.6 is 11.3 Å². The van der Waals surface area contributed by atoms with Gasteiger partial charge in [0.1, 0.15) is 0 Å². The Morgan fingerprint density at radius 2 is 2.27 bits per heavy atom. The molecule has 1 aliphatic carbocycles. The van der Waals surface area contributed by atoms with E-state index in [2.05, 4.69) is 10.3 Å². The smallest absolute Gasteiger partial charge is 0.305 e. The lowest BCUT2D eigenvalue weighted by Gasteiger charge is -2.06. The Kier molecular flexibility index (Phi) is 3.20. The second kappa shape index (κ2) is 4.61. The van der Waals surface area contributed by atoms with Crippen LogP contribution in [0.25, 0.3) is 0 Å². The van der Waals surface area contributed by atoms with Gasteiger partial charge in [-0.2, -0.15) is 0 Å². The minimum absolute atomic E-state index is 0.143. The van der Waals surface area contributed by atoms with Crippen LogP contribution in [0.5, 0.6) is 0 Å². The Morgan fingerprint density at radius 3 is 3.00 bits per heavy atom. The highest BCUT2D eigenvalue weighted by Gasteiger charge is 2.14. The summed E-state index contributed by atoms with van der Waals surface area (Å²) in [5, 5.41) is 12.4. The van der Waals surface area contributed by atoms with Gasteiger partial charge in [0.25, 0.3) is 0 Å². The topological polar surface area (TPSA) is 62.2 Å². The number of aryl methyl sites for hydroxylation is 2. The standard InChI is InChI=1S/C10H14N2O2S/c13-9(14)5-6-11-10-12-7-3-1-2-4-8(7)15-10/h1-6H2,(H,11,12)(H,13,14). The predicted octanol–water partition coefficient (Wildman–Crippen LogP) is 1.91. The Labute approximate surface area is 92.3 Å². The van der Waals surface area contributed by atoms with Crippen LogP contribution < -0.4 is 5.32 Å². The predicted molar refractivity (Wildman–Crippen MR) is 59.5 cm³/mol. The van der Waals surface area contributed by atoms with E-state index in [4.69, 9.17) is 5.11 Å². The van der Waals surface area contributed by atoms with Gasteiger partial charge in [0.15, 0.2) is 5.13 Å². The summed E-state index contributed by atoms with van der Waals surface area (Å²) in [6.07, 6.45) is 4.83. The van der Waals surface area contributed by atoms with Gasteiger partial charge in [-0.25, -0.2) is 4.98 Å². The largest absolute Gasteiger partial charge is 0.481 e. The van der Waals surface area contributed by atoms with Gasteiger partial charge in [-0.3, -0.25) is 4.79 Å². The molecular formula is C10H14N2O2S. The molecule has 0 saturated carbocycles. The molecule has 0 amide bonds. The van der Waals surface area contributed by atoms with E-state index in [1.54, 1.807) is 11.3 Å². The van der Waals surface area contributed by atoms with Crippen LogP contribution in [0.2, 0.25) is 0 Å². The molecule has 0 atom stereocenters. The highest BCUT2D eigenvalue weighted by atomic mass is 32.1. The number of anilines is 1. The summed E-state index contributed by atoms with van der Waals surface area (Å²) in [4.78, 5) is 16.2. The van der Waals surface area contributed by atoms with Crippen molar-refractivity contribution in [3.8, 4) is 0 Å². The second-order valence-electron chi connectivity index (χ2n) is 3.67. The van der Waals surface area contributed by atoms with E-state index in [1.807, 2.05) is 0 Å². The molecule has 0 spiro atoms. The number of aliphatic carboxylic acids is 1. The minimum atomic E-state index is -0.774. The van der Waals surface area contributed by atoms with Crippen LogP contribution in [0.3, 0.4) is 0 Å². The molecule has 82 valence electrons. The number of carboxylic acids is 1. The van der Waals surface area contributed by atoms with Gasteiger partial charge in [0.2, 0.25) is 0 Å². The van der Waals surface area contributed by atoms with Crippen LogP contribution in [0.1, 0.15) is 29.8 Å². The van der Waals surface area contributed by atoms with E-state index >= 15 is 0 Å². The monoisotopic (exact) mass is 226 g/mol. The van der Waals surface area contributed by atoms with Gasteiger partial charge in [-0.05, 0) is 25.7 Å². The van der Waals surface area contributed by atoms with E-state index in [0.717, 1.165) is 18.0 Å². The zero-order valence-corrected chi connectivity index (χ0v) is 9.27. The number of rotatable bonds is 4. The fraction of sp³-hybridized carbons (Fsp3) is 0.600. The van der Waals surface area contributed by atoms with E-state index in [1.165, 1.54) is 23.4 Å². The molecule has 0 saturated heterocycles. The molecule has 15 heavy (non-hydrogen) atoms. The first kappa shape index (κ1) is 10.4. The minimum Gasteiger partial charge on any atom is -0.481 e. The Balaban J connectivity index is 1.92. The van der Waals surface area contributed by atoms with Crippen molar-refractivity contribution in [1.82, 2.24) is 4.98 Å². The second-order valence-corrected chi connectivity index (χ2v) is 4.75. The van der Waals surface area contributed by atoms with E-state index in [-0.39, 0.29) is 6.42 Å². The third kappa shape index (κ3) is 2.68. The van der Waals surface area contributed by atoms with Gasteiger partial charge in [0, 0.05) is 11.4 Å². The molecular weight excluding hydrogens is 212 g/mol. The van der Waals surface area contributed by atoms with Gasteiger partial charge in [-0.15, -0.1) is 11.3 Å². The first-order valence-corrected chi connectivity index (χ1v) is 6.01. The summed E-state index contributed by atoms with van der Waals surface area (Å²) in [6.45, 7) is 0.460. The van der Waals surface area contributed by atoms with E-state index < -0.39 is 5.97 Å². The van der Waals surface area contributed by atoms with Crippen molar-refractivity contribution in [3.05, 3.63) is 10.6 Å². The van der Waals surface area contributed by atoms with Crippen LogP contribution in [0.15, 0.2) is 0 Å². The number of carboxylic acid groups (broad SMARTS) is 1. The Bertz CT molecular complexity index is 339. The zero-order valence-electron chi connectivity index (χ0n) is 8.45. The quantitative estimate of drug-likeness (QED) is 0.823. The van der Waals surface area contributed by atoms with E-state index in [0.29, 0.717) is 6.54 Å². The van der Waals surface area contributed by atoms with E-state index in [9.17, 15) is 4.79 Å². The maximum atomic E-state index is 10.3. The molecule has 0 aromatic carbocycles. The van der Waals surface area contributed by atoms with Crippen LogP contribution in [-0.4, -0.2) is 22.6 Å². The van der Waals surface area contributed by atoms with Crippen molar-refractivity contribution in [2.45, 2.75) is 32.1 Å². The molecule has 0 unspecified atom stereocenters. The average molecular weight is 226 g/mol.